The number of nitrogens with two attached hydrogens (primary N) is 1. The van der Waals surface area contributed by atoms with E-state index in [1.165, 1.54) is 0 Å². The number of hydrogen-bond donors (Lipinski definition) is 2. The van der Waals surface area contributed by atoms with E-state index in [4.69, 9.17) is 10.5 Å². The number of carbonyl (C=O) groups excluding carboxylic acids is 1. The maximum atomic E-state index is 12.2. The van der Waals surface area contributed by atoms with Crippen LogP contribution < -0.4 is 15.8 Å². The minimum absolute atomic E-state index is 0.218. The van der Waals surface area contributed by atoms with Crippen LogP contribution >= 0.6 is 11.8 Å². The van der Waals surface area contributed by atoms with Gasteiger partial charge in [-0.15, -0.1) is 11.8 Å². The van der Waals surface area contributed by atoms with Crippen LogP contribution in [0.4, 0.5) is 5.82 Å². The first-order chi connectivity index (χ1) is 12.7. The second-order valence-electron chi connectivity index (χ2n) is 5.55. The smallest absolute Gasteiger partial charge is 0.255 e. The van der Waals surface area contributed by atoms with Crippen LogP contribution in [-0.4, -0.2) is 17.1 Å². The second kappa shape index (κ2) is 8.40. The Labute approximate surface area is 156 Å². The molecule has 1 amide bonds. The molecule has 0 saturated heterocycles. The highest BCUT2D eigenvalue weighted by atomic mass is 32.2. The van der Waals surface area contributed by atoms with Gasteiger partial charge in [0.05, 0.1) is 5.56 Å². The van der Waals surface area contributed by atoms with Gasteiger partial charge in [0.2, 0.25) is 0 Å². The van der Waals surface area contributed by atoms with Gasteiger partial charge in [-0.05, 0) is 54.3 Å². The molecule has 1 aromatic heterocycles. The highest BCUT2D eigenvalue weighted by Gasteiger charge is 2.09. The van der Waals surface area contributed by atoms with Crippen molar-refractivity contribution in [1.82, 2.24) is 10.3 Å². The lowest BCUT2D eigenvalue weighted by molar-refractivity contribution is 0.0951. The Kier molecular flexibility index (Phi) is 5.76. The van der Waals surface area contributed by atoms with Gasteiger partial charge < -0.3 is 15.8 Å². The van der Waals surface area contributed by atoms with Crippen molar-refractivity contribution in [2.24, 2.45) is 0 Å². The largest absolute Gasteiger partial charge is 0.457 e. The molecule has 0 aliphatic heterocycles. The van der Waals surface area contributed by atoms with E-state index in [-0.39, 0.29) is 11.7 Å². The van der Waals surface area contributed by atoms with Crippen LogP contribution in [0.1, 0.15) is 15.9 Å². The molecule has 0 radical (unpaired) electrons. The lowest BCUT2D eigenvalue weighted by Crippen LogP contribution is -2.24. The zero-order valence-corrected chi connectivity index (χ0v) is 15.1. The lowest BCUT2D eigenvalue weighted by atomic mass is 10.2. The molecular formula is C20H19N3O2S. The Morgan fingerprint density at radius 3 is 2.65 bits per heavy atom. The highest BCUT2D eigenvalue weighted by Crippen LogP contribution is 2.26. The molecule has 0 unspecified atom stereocenters. The Hall–Kier alpha value is -2.99. The minimum Gasteiger partial charge on any atom is -0.457 e. The molecule has 0 aliphatic rings. The maximum absolute atomic E-state index is 12.2. The van der Waals surface area contributed by atoms with E-state index < -0.39 is 0 Å². The van der Waals surface area contributed by atoms with E-state index in [0.717, 1.165) is 22.0 Å². The summed E-state index contributed by atoms with van der Waals surface area (Å²) in [6.07, 6.45) is 3.58. The number of nitrogen functional groups attached to an aromatic ring is 1. The molecule has 0 saturated carbocycles. The summed E-state index contributed by atoms with van der Waals surface area (Å²) in [5, 5.41) is 2.85. The predicted octanol–water partition coefficient (Wildman–Crippen LogP) is 4.11. The van der Waals surface area contributed by atoms with Crippen molar-refractivity contribution in [3.63, 3.8) is 0 Å². The highest BCUT2D eigenvalue weighted by molar-refractivity contribution is 7.98. The van der Waals surface area contributed by atoms with Crippen LogP contribution in [0.2, 0.25) is 0 Å². The van der Waals surface area contributed by atoms with Crippen molar-refractivity contribution in [3.05, 3.63) is 78.0 Å². The summed E-state index contributed by atoms with van der Waals surface area (Å²) in [4.78, 5) is 17.3. The standard InChI is InChI=1S/C20H19N3O2S/c1-26-17-8-3-7-16(12-17)25-15-6-2-5-14(11-15)13-23-20(24)18-9-4-10-22-19(18)21/h2-12H,13H2,1H3,(H2,21,22)(H,23,24). The third-order valence-corrected chi connectivity index (χ3v) is 4.44. The quantitative estimate of drug-likeness (QED) is 0.643. The number of nitrogens with one attached hydrogen (secondary N) is 1. The number of rotatable bonds is 6. The minimum atomic E-state index is -0.255. The second-order valence-corrected chi connectivity index (χ2v) is 6.43. The number of hydrogen-bond acceptors (Lipinski definition) is 5. The van der Waals surface area contributed by atoms with Crippen molar-refractivity contribution < 1.29 is 9.53 Å². The number of amides is 1. The monoisotopic (exact) mass is 365 g/mol. The van der Waals surface area contributed by atoms with Crippen molar-refractivity contribution in [1.29, 1.82) is 0 Å². The number of anilines is 1. The average Bonchev–Trinajstić information content (AvgIpc) is 2.67. The first kappa shape index (κ1) is 17.8. The Bertz CT molecular complexity index is 915. The van der Waals surface area contributed by atoms with E-state index >= 15 is 0 Å². The third-order valence-electron chi connectivity index (χ3n) is 3.71. The zero-order valence-electron chi connectivity index (χ0n) is 14.3. The summed E-state index contributed by atoms with van der Waals surface area (Å²) in [6.45, 7) is 0.370. The van der Waals surface area contributed by atoms with E-state index in [1.807, 2.05) is 54.8 Å². The number of pyridine rings is 1. The van der Waals surface area contributed by atoms with Crippen LogP contribution in [0, 0.1) is 0 Å². The molecule has 3 N–H and O–H groups in total. The SMILES string of the molecule is CSc1cccc(Oc2cccc(CNC(=O)c3cccnc3N)c2)c1. The van der Waals surface area contributed by atoms with Gasteiger partial charge in [-0.25, -0.2) is 4.98 Å². The molecule has 2 aromatic carbocycles. The van der Waals surface area contributed by atoms with Gasteiger partial charge in [0.15, 0.2) is 0 Å². The van der Waals surface area contributed by atoms with Gasteiger partial charge >= 0.3 is 0 Å². The van der Waals surface area contributed by atoms with E-state index in [0.29, 0.717) is 12.1 Å². The number of benzene rings is 2. The fourth-order valence-electron chi connectivity index (χ4n) is 2.41. The fourth-order valence-corrected chi connectivity index (χ4v) is 2.86. The van der Waals surface area contributed by atoms with Crippen LogP contribution in [0.5, 0.6) is 11.5 Å². The first-order valence-corrected chi connectivity index (χ1v) is 9.28. The number of nitrogens with zero attached hydrogens (tertiary/aromatic N) is 1. The maximum Gasteiger partial charge on any atom is 0.255 e. The number of thioether (sulfide) groups is 1. The molecule has 0 aliphatic carbocycles. The van der Waals surface area contributed by atoms with Crippen LogP contribution in [0.3, 0.4) is 0 Å². The van der Waals surface area contributed by atoms with Crippen molar-refractivity contribution in [2.75, 3.05) is 12.0 Å². The summed E-state index contributed by atoms with van der Waals surface area (Å²) in [5.74, 6) is 1.46. The molecule has 5 nitrogen and oxygen atoms in total. The van der Waals surface area contributed by atoms with Crippen LogP contribution in [0.15, 0.2) is 71.8 Å². The van der Waals surface area contributed by atoms with E-state index in [1.54, 1.807) is 30.1 Å². The van der Waals surface area contributed by atoms with Crippen molar-refractivity contribution >= 4 is 23.5 Å². The fraction of sp³-hybridized carbons (Fsp3) is 0.100. The average molecular weight is 365 g/mol. The molecular weight excluding hydrogens is 346 g/mol. The third kappa shape index (κ3) is 4.55. The van der Waals surface area contributed by atoms with E-state index in [9.17, 15) is 4.79 Å². The van der Waals surface area contributed by atoms with Gasteiger partial charge in [0.1, 0.15) is 17.3 Å². The molecule has 3 rings (SSSR count). The van der Waals surface area contributed by atoms with Crippen molar-refractivity contribution in [3.8, 4) is 11.5 Å². The molecule has 26 heavy (non-hydrogen) atoms. The van der Waals surface area contributed by atoms with E-state index in [2.05, 4.69) is 10.3 Å². The zero-order chi connectivity index (χ0) is 18.4. The van der Waals surface area contributed by atoms with Gasteiger partial charge in [0.25, 0.3) is 5.91 Å². The van der Waals surface area contributed by atoms with Gasteiger partial charge in [0, 0.05) is 17.6 Å². The molecule has 132 valence electrons. The lowest BCUT2D eigenvalue weighted by Gasteiger charge is -2.10. The summed E-state index contributed by atoms with van der Waals surface area (Å²) >= 11 is 1.66. The summed E-state index contributed by atoms with van der Waals surface area (Å²) in [5.41, 5.74) is 7.03. The molecule has 0 fully saturated rings. The molecule has 1 heterocycles. The summed E-state index contributed by atoms with van der Waals surface area (Å²) in [6, 6.07) is 18.8. The molecule has 3 aromatic rings. The topological polar surface area (TPSA) is 77.2 Å². The number of aromatic nitrogens is 1. The Morgan fingerprint density at radius 1 is 1.12 bits per heavy atom. The van der Waals surface area contributed by atoms with Crippen molar-refractivity contribution in [2.45, 2.75) is 11.4 Å². The molecule has 6 heteroatoms. The number of carbonyl (C=O) groups is 1. The molecule has 0 atom stereocenters. The van der Waals surface area contributed by atoms with Crippen LogP contribution in [0.25, 0.3) is 0 Å². The Morgan fingerprint density at radius 2 is 1.88 bits per heavy atom. The summed E-state index contributed by atoms with van der Waals surface area (Å²) < 4.78 is 5.92. The molecule has 0 spiro atoms. The summed E-state index contributed by atoms with van der Waals surface area (Å²) in [7, 11) is 0. The van der Waals surface area contributed by atoms with Crippen LogP contribution in [-0.2, 0) is 6.54 Å². The van der Waals surface area contributed by atoms with Gasteiger partial charge in [-0.2, -0.15) is 0 Å². The Balaban J connectivity index is 1.65. The number of ether oxygens (including phenoxy) is 1. The normalized spacial score (nSPS) is 10.3. The van der Waals surface area contributed by atoms with Gasteiger partial charge in [-0.3, -0.25) is 4.79 Å². The van der Waals surface area contributed by atoms with Gasteiger partial charge in [-0.1, -0.05) is 18.2 Å². The predicted molar refractivity (Wildman–Crippen MR) is 105 cm³/mol. The first-order valence-electron chi connectivity index (χ1n) is 8.05. The molecule has 0 bridgehead atoms.